The van der Waals surface area contributed by atoms with Gasteiger partial charge in [-0.2, -0.15) is 4.31 Å². The number of rotatable bonds is 7. The number of benzene rings is 2. The monoisotopic (exact) mass is 458 g/mol. The zero-order chi connectivity index (χ0) is 23.3. The van der Waals surface area contributed by atoms with Gasteiger partial charge in [0.15, 0.2) is 0 Å². The van der Waals surface area contributed by atoms with Crippen LogP contribution in [0.15, 0.2) is 59.5 Å². The summed E-state index contributed by atoms with van der Waals surface area (Å²) in [4.78, 5) is 2.34. The Bertz CT molecular complexity index is 1020. The molecule has 174 valence electrons. The van der Waals surface area contributed by atoms with Crippen molar-refractivity contribution in [2.45, 2.75) is 44.4 Å². The first-order valence-corrected chi connectivity index (χ1v) is 12.5. The van der Waals surface area contributed by atoms with E-state index in [4.69, 9.17) is 4.74 Å². The SMILES string of the molecule is C/C=C/c1ccc2c(c1)O[C@H](CN(C)Cc1ccccc1)[C@@H](C)CN([C@H](C)CO)S2(=O)=O. The van der Waals surface area contributed by atoms with Crippen LogP contribution in [0, 0.1) is 5.92 Å². The van der Waals surface area contributed by atoms with Crippen LogP contribution in [0.1, 0.15) is 31.9 Å². The van der Waals surface area contributed by atoms with Gasteiger partial charge in [-0.3, -0.25) is 4.90 Å². The molecule has 0 aliphatic carbocycles. The molecule has 0 amide bonds. The highest BCUT2D eigenvalue weighted by molar-refractivity contribution is 7.89. The van der Waals surface area contributed by atoms with Gasteiger partial charge in [0.25, 0.3) is 0 Å². The molecular formula is C25H34N2O4S. The Kier molecular flexibility index (Phi) is 8.11. The minimum Gasteiger partial charge on any atom is -0.487 e. The van der Waals surface area contributed by atoms with Crippen LogP contribution >= 0.6 is 0 Å². The van der Waals surface area contributed by atoms with Crippen LogP contribution in [0.25, 0.3) is 6.08 Å². The van der Waals surface area contributed by atoms with E-state index in [0.29, 0.717) is 12.3 Å². The number of hydrogen-bond acceptors (Lipinski definition) is 5. The second-order valence-electron chi connectivity index (χ2n) is 8.63. The maximum absolute atomic E-state index is 13.5. The third kappa shape index (κ3) is 5.59. The fraction of sp³-hybridized carbons (Fsp3) is 0.440. The standard InChI is InChI=1S/C25H34N2O4S/c1-5-9-21-12-13-25-23(14-21)31-24(17-26(4)16-22-10-7-6-8-11-22)19(2)15-27(20(3)18-28)32(25,29)30/h5-14,19-20,24,28H,15-18H2,1-4H3/b9-5+/t19-,20+,24+/m0/s1. The molecular weight excluding hydrogens is 424 g/mol. The summed E-state index contributed by atoms with van der Waals surface area (Å²) in [7, 11) is -1.76. The normalized spacial score (nSPS) is 22.2. The number of aliphatic hydroxyl groups excluding tert-OH is 1. The second-order valence-corrected chi connectivity index (χ2v) is 10.5. The van der Waals surface area contributed by atoms with Crippen molar-refractivity contribution in [3.8, 4) is 5.75 Å². The van der Waals surface area contributed by atoms with Gasteiger partial charge in [0.2, 0.25) is 10.0 Å². The smallest absolute Gasteiger partial charge is 0.247 e. The highest BCUT2D eigenvalue weighted by Crippen LogP contribution is 2.34. The molecule has 0 spiro atoms. The van der Waals surface area contributed by atoms with Crippen molar-refractivity contribution in [3.63, 3.8) is 0 Å². The molecule has 6 nitrogen and oxygen atoms in total. The van der Waals surface area contributed by atoms with Gasteiger partial charge in [0.1, 0.15) is 16.7 Å². The van der Waals surface area contributed by atoms with Crippen molar-refractivity contribution in [3.05, 3.63) is 65.7 Å². The number of sulfonamides is 1. The van der Waals surface area contributed by atoms with E-state index in [1.807, 2.05) is 51.2 Å². The summed E-state index contributed by atoms with van der Waals surface area (Å²) < 4.78 is 34.8. The van der Waals surface area contributed by atoms with Crippen LogP contribution in [0.5, 0.6) is 5.75 Å². The zero-order valence-electron chi connectivity index (χ0n) is 19.3. The van der Waals surface area contributed by atoms with Gasteiger partial charge >= 0.3 is 0 Å². The van der Waals surface area contributed by atoms with E-state index in [-0.39, 0.29) is 30.1 Å². The van der Waals surface area contributed by atoms with E-state index in [9.17, 15) is 13.5 Å². The zero-order valence-corrected chi connectivity index (χ0v) is 20.1. The molecule has 0 saturated heterocycles. The third-order valence-corrected chi connectivity index (χ3v) is 7.86. The van der Waals surface area contributed by atoms with Crippen molar-refractivity contribution in [1.82, 2.24) is 9.21 Å². The number of nitrogens with zero attached hydrogens (tertiary/aromatic N) is 2. The van der Waals surface area contributed by atoms with Gasteiger partial charge in [0.05, 0.1) is 6.61 Å². The molecule has 1 aliphatic heterocycles. The van der Waals surface area contributed by atoms with Crippen molar-refractivity contribution in [2.75, 3.05) is 26.7 Å². The summed E-state index contributed by atoms with van der Waals surface area (Å²) in [6, 6.07) is 14.9. The van der Waals surface area contributed by atoms with Gasteiger partial charge in [-0.1, -0.05) is 55.5 Å². The van der Waals surface area contributed by atoms with Gasteiger partial charge in [-0.05, 0) is 44.2 Å². The Morgan fingerprint density at radius 3 is 2.62 bits per heavy atom. The molecule has 0 saturated carbocycles. The number of likely N-dealkylation sites (N-methyl/N-ethyl adjacent to an activating group) is 1. The number of hydrogen-bond donors (Lipinski definition) is 1. The summed E-state index contributed by atoms with van der Waals surface area (Å²) in [5.74, 6) is 0.288. The van der Waals surface area contributed by atoms with Crippen LogP contribution in [-0.4, -0.2) is 61.6 Å². The highest BCUT2D eigenvalue weighted by atomic mass is 32.2. The van der Waals surface area contributed by atoms with Crippen LogP contribution < -0.4 is 4.74 Å². The first-order chi connectivity index (χ1) is 15.3. The van der Waals surface area contributed by atoms with E-state index >= 15 is 0 Å². The van der Waals surface area contributed by atoms with E-state index in [0.717, 1.165) is 12.1 Å². The van der Waals surface area contributed by atoms with Crippen molar-refractivity contribution < 1.29 is 18.3 Å². The van der Waals surface area contributed by atoms with Crippen LogP contribution in [0.2, 0.25) is 0 Å². The molecule has 0 radical (unpaired) electrons. The predicted octanol–water partition coefficient (Wildman–Crippen LogP) is 3.62. The first-order valence-electron chi connectivity index (χ1n) is 11.0. The lowest BCUT2D eigenvalue weighted by Crippen LogP contribution is -2.49. The third-order valence-electron chi connectivity index (χ3n) is 5.84. The molecule has 2 aromatic rings. The molecule has 3 rings (SSSR count). The quantitative estimate of drug-likeness (QED) is 0.686. The molecule has 0 bridgehead atoms. The Morgan fingerprint density at radius 2 is 1.97 bits per heavy atom. The van der Waals surface area contributed by atoms with Gasteiger partial charge in [-0.15, -0.1) is 0 Å². The Labute approximate surface area is 192 Å². The molecule has 1 aliphatic rings. The van der Waals surface area contributed by atoms with E-state index in [1.54, 1.807) is 25.1 Å². The maximum atomic E-state index is 13.5. The first kappa shape index (κ1) is 24.5. The van der Waals surface area contributed by atoms with Gasteiger partial charge < -0.3 is 9.84 Å². The molecule has 0 unspecified atom stereocenters. The molecule has 0 fully saturated rings. The highest BCUT2D eigenvalue weighted by Gasteiger charge is 2.38. The van der Waals surface area contributed by atoms with Crippen molar-refractivity contribution in [2.24, 2.45) is 5.92 Å². The van der Waals surface area contributed by atoms with Crippen LogP contribution in [0.4, 0.5) is 0 Å². The second kappa shape index (κ2) is 10.6. The summed E-state index contributed by atoms with van der Waals surface area (Å²) in [6.45, 7) is 7.12. The Balaban J connectivity index is 1.97. The van der Waals surface area contributed by atoms with Crippen molar-refractivity contribution in [1.29, 1.82) is 0 Å². The lowest BCUT2D eigenvalue weighted by atomic mass is 10.0. The maximum Gasteiger partial charge on any atom is 0.247 e. The summed E-state index contributed by atoms with van der Waals surface area (Å²) >= 11 is 0. The van der Waals surface area contributed by atoms with Gasteiger partial charge in [0, 0.05) is 31.6 Å². The number of aliphatic hydroxyl groups is 1. The summed E-state index contributed by atoms with van der Waals surface area (Å²) in [5.41, 5.74) is 2.09. The summed E-state index contributed by atoms with van der Waals surface area (Å²) in [6.07, 6.45) is 3.61. The largest absolute Gasteiger partial charge is 0.487 e. The van der Waals surface area contributed by atoms with Crippen LogP contribution in [0.3, 0.4) is 0 Å². The molecule has 1 N–H and O–H groups in total. The van der Waals surface area contributed by atoms with E-state index < -0.39 is 16.1 Å². The minimum atomic E-state index is -3.81. The summed E-state index contributed by atoms with van der Waals surface area (Å²) in [5, 5.41) is 9.75. The molecule has 1 heterocycles. The average Bonchev–Trinajstić information content (AvgIpc) is 2.76. The Morgan fingerprint density at radius 1 is 1.25 bits per heavy atom. The minimum absolute atomic E-state index is 0.0736. The predicted molar refractivity (Wildman–Crippen MR) is 128 cm³/mol. The number of ether oxygens (including phenoxy) is 1. The van der Waals surface area contributed by atoms with Crippen molar-refractivity contribution >= 4 is 16.1 Å². The average molecular weight is 459 g/mol. The number of allylic oxidation sites excluding steroid dienone is 1. The molecule has 32 heavy (non-hydrogen) atoms. The molecule has 2 aromatic carbocycles. The fourth-order valence-electron chi connectivity index (χ4n) is 4.02. The fourth-order valence-corrected chi connectivity index (χ4v) is 5.85. The van der Waals surface area contributed by atoms with E-state index in [2.05, 4.69) is 17.0 Å². The van der Waals surface area contributed by atoms with E-state index in [1.165, 1.54) is 9.87 Å². The lowest BCUT2D eigenvalue weighted by Gasteiger charge is -2.37. The van der Waals surface area contributed by atoms with Gasteiger partial charge in [-0.25, -0.2) is 8.42 Å². The van der Waals surface area contributed by atoms with Crippen LogP contribution in [-0.2, 0) is 16.6 Å². The number of fused-ring (bicyclic) bond motifs is 1. The topological polar surface area (TPSA) is 70.1 Å². The molecule has 3 atom stereocenters. The lowest BCUT2D eigenvalue weighted by molar-refractivity contribution is 0.0733. The Hall–Kier alpha value is -2.19. The molecule has 7 heteroatoms. The molecule has 0 aromatic heterocycles.